The number of nitrogens with one attached hydrogen (secondary N) is 12. The zero-order valence-corrected chi connectivity index (χ0v) is 73.4. The second-order valence-electron chi connectivity index (χ2n) is 34.2. The van der Waals surface area contributed by atoms with Gasteiger partial charge in [0.15, 0.2) is 0 Å². The fourth-order valence-electron chi connectivity index (χ4n) is 13.6. The molecule has 0 aliphatic carbocycles. The van der Waals surface area contributed by atoms with E-state index in [-0.39, 0.29) is 138 Å². The Bertz CT molecular complexity index is 2830. The van der Waals surface area contributed by atoms with E-state index in [0.29, 0.717) is 110 Å². The third kappa shape index (κ3) is 50.6. The van der Waals surface area contributed by atoms with Crippen molar-refractivity contribution >= 4 is 76.9 Å². The summed E-state index contributed by atoms with van der Waals surface area (Å²) in [6, 6.07) is -14.6. The summed E-state index contributed by atoms with van der Waals surface area (Å²) in [6.07, 6.45) is 16.7. The quantitative estimate of drug-likeness (QED) is 0.0361. The van der Waals surface area contributed by atoms with Gasteiger partial charge in [-0.1, -0.05) is 141 Å². The Morgan fingerprint density at radius 1 is 0.216 bits per heavy atom. The second-order valence-corrected chi connectivity index (χ2v) is 34.2. The molecule has 32 nitrogen and oxygen atoms in total. The van der Waals surface area contributed by atoms with Gasteiger partial charge in [0.25, 0.3) is 0 Å². The van der Waals surface area contributed by atoms with Crippen LogP contribution < -0.4 is 98.2 Å². The van der Waals surface area contributed by atoms with Crippen molar-refractivity contribution in [2.75, 3.05) is 39.3 Å². The highest BCUT2D eigenvalue weighted by molar-refractivity contribution is 5.99. The first-order valence-electron chi connectivity index (χ1n) is 44.1. The van der Waals surface area contributed by atoms with Gasteiger partial charge in [-0.25, -0.2) is 4.79 Å². The first kappa shape index (κ1) is 109. The molecule has 12 amide bonds. The van der Waals surface area contributed by atoms with E-state index < -0.39 is 143 Å². The fraction of sp³-hybridized carbons (Fsp3) is 0.845. The van der Waals surface area contributed by atoms with Gasteiger partial charge in [0.2, 0.25) is 70.9 Å². The summed E-state index contributed by atoms with van der Waals surface area (Å²) in [5, 5.41) is 43.8. The fourth-order valence-corrected chi connectivity index (χ4v) is 13.6. The average Bonchev–Trinajstić information content (AvgIpc) is 0.859. The van der Waals surface area contributed by atoms with Crippen LogP contribution in [0.1, 0.15) is 308 Å². The van der Waals surface area contributed by atoms with E-state index in [1.807, 2.05) is 83.1 Å². The normalized spacial score (nSPS) is 14.7. The Kier molecular flexibility index (Phi) is 60.8. The van der Waals surface area contributed by atoms with E-state index >= 15 is 0 Å². The van der Waals surface area contributed by atoms with Crippen LogP contribution in [0.3, 0.4) is 0 Å². The van der Waals surface area contributed by atoms with E-state index in [0.717, 1.165) is 19.3 Å². The highest BCUT2D eigenvalue weighted by Crippen LogP contribution is 2.19. The molecule has 0 spiro atoms. The second kappa shape index (κ2) is 64.8. The minimum atomic E-state index is -1.30. The minimum absolute atomic E-state index is 0.00816. The predicted molar refractivity (Wildman–Crippen MR) is 457 cm³/mol. The van der Waals surface area contributed by atoms with E-state index in [1.54, 1.807) is 0 Å². The standard InChI is InChI=1S/C84H162N18O14/c1-14-15-16-17-18-19-20-21-22-41-72(103)91-66(48-54(2)3)79(110)95-60(35-23-29-42-85)73(104)92-63(38-26-32-45-88)76(107)98-69(51-57(8)9)82(113)100-67(49-55(4)5)80(111)96-61(36-24-30-43-86)74(105)93-64(39-27-33-46-89)77(108)99-70(52-58(10)11)83(114)101-68(50-56(6)7)81(112)97-62(37-25-31-44-87)75(106)94-65(40-28-34-47-90)78(109)102-71(84(115)116)53-59(12)13/h54-71H,14-53,85-90H2,1-13H3,(H,91,103)(H,92,104)(H,93,105)(H,94,106)(H,95,110)(H,96,111)(H,97,112)(H,98,107)(H,99,108)(H,100,113)(H,101,114)(H,102,109)(H,115,116)/t60-,61-,62-,63-,64-,65-,66+,67+,68+,69+,70+,71+/m0/s1. The molecule has 0 saturated carbocycles. The van der Waals surface area contributed by atoms with Gasteiger partial charge < -0.3 is 103 Å². The molecule has 672 valence electrons. The SMILES string of the molecule is CCCCCCCCCCCC(=O)N[C@H](CC(C)C)C(=O)N[C@@H](CCCCN)C(=O)N[C@@H](CCCCN)C(=O)N[C@H](CC(C)C)C(=O)N[C@H](CC(C)C)C(=O)N[C@@H](CCCCN)C(=O)N[C@@H](CCCCN)C(=O)N[C@H](CC(C)C)C(=O)N[C@H](CC(C)C)C(=O)N[C@@H](CCCCN)C(=O)N[C@@H](CCCCN)C(=O)N[C@H](CC(C)C)C(=O)O. The largest absolute Gasteiger partial charge is 0.480 e. The lowest BCUT2D eigenvalue weighted by molar-refractivity contribution is -0.143. The van der Waals surface area contributed by atoms with Crippen LogP contribution in [0.2, 0.25) is 0 Å². The zero-order valence-electron chi connectivity index (χ0n) is 73.4. The molecule has 32 heteroatoms. The molecular weight excluding hydrogens is 1490 g/mol. The maximum absolute atomic E-state index is 14.8. The number of carboxylic acid groups (broad SMARTS) is 1. The summed E-state index contributed by atoms with van der Waals surface area (Å²) in [4.78, 5) is 185. The van der Waals surface area contributed by atoms with Crippen LogP contribution in [-0.4, -0.2) is 194 Å². The predicted octanol–water partition coefficient (Wildman–Crippen LogP) is 4.86. The van der Waals surface area contributed by atoms with Crippen LogP contribution in [0.5, 0.6) is 0 Å². The van der Waals surface area contributed by atoms with Gasteiger partial charge in [0.1, 0.15) is 72.5 Å². The van der Waals surface area contributed by atoms with Crippen molar-refractivity contribution in [3.63, 3.8) is 0 Å². The number of nitrogens with two attached hydrogens (primary N) is 6. The smallest absolute Gasteiger partial charge is 0.326 e. The molecule has 12 atom stereocenters. The van der Waals surface area contributed by atoms with Crippen LogP contribution in [0.15, 0.2) is 0 Å². The lowest BCUT2D eigenvalue weighted by Gasteiger charge is -2.30. The maximum Gasteiger partial charge on any atom is 0.326 e. The van der Waals surface area contributed by atoms with Crippen LogP contribution in [0.4, 0.5) is 0 Å². The van der Waals surface area contributed by atoms with Crippen molar-refractivity contribution in [1.29, 1.82) is 0 Å². The molecule has 0 heterocycles. The number of aliphatic carboxylic acids is 1. The Morgan fingerprint density at radius 2 is 0.379 bits per heavy atom. The summed E-state index contributed by atoms with van der Waals surface area (Å²) in [5.74, 6) is -10.1. The van der Waals surface area contributed by atoms with Crippen molar-refractivity contribution in [3.8, 4) is 0 Å². The molecule has 0 aliphatic rings. The number of hydrogen-bond acceptors (Lipinski definition) is 19. The van der Waals surface area contributed by atoms with E-state index in [4.69, 9.17) is 34.4 Å². The van der Waals surface area contributed by atoms with Crippen LogP contribution in [0.25, 0.3) is 0 Å². The molecular formula is C84H162N18O14. The average molecular weight is 1650 g/mol. The van der Waals surface area contributed by atoms with Gasteiger partial charge in [0, 0.05) is 6.42 Å². The van der Waals surface area contributed by atoms with Crippen LogP contribution in [0, 0.1) is 35.5 Å². The molecule has 25 N–H and O–H groups in total. The van der Waals surface area contributed by atoms with Gasteiger partial charge in [-0.15, -0.1) is 0 Å². The Morgan fingerprint density at radius 3 is 0.569 bits per heavy atom. The summed E-state index contributed by atoms with van der Waals surface area (Å²) >= 11 is 0. The summed E-state index contributed by atoms with van der Waals surface area (Å²) in [7, 11) is 0. The molecule has 0 bridgehead atoms. The number of unbranched alkanes of at least 4 members (excludes halogenated alkanes) is 14. The third-order valence-corrected chi connectivity index (χ3v) is 20.0. The highest BCUT2D eigenvalue weighted by atomic mass is 16.4. The topological polar surface area (TPSA) is 543 Å². The Labute approximate surface area is 695 Å². The minimum Gasteiger partial charge on any atom is -0.480 e. The summed E-state index contributed by atoms with van der Waals surface area (Å²) in [6.45, 7) is 26.1. The van der Waals surface area contributed by atoms with Gasteiger partial charge in [-0.3, -0.25) is 57.5 Å². The van der Waals surface area contributed by atoms with Crippen molar-refractivity contribution in [2.24, 2.45) is 69.9 Å². The highest BCUT2D eigenvalue weighted by Gasteiger charge is 2.38. The van der Waals surface area contributed by atoms with Crippen molar-refractivity contribution in [2.45, 2.75) is 381 Å². The number of hydrogen-bond donors (Lipinski definition) is 19. The summed E-state index contributed by atoms with van der Waals surface area (Å²) < 4.78 is 0. The van der Waals surface area contributed by atoms with Gasteiger partial charge in [-0.05, 0) is 235 Å². The Hall–Kier alpha value is -7.13. The molecule has 0 aromatic carbocycles. The molecule has 116 heavy (non-hydrogen) atoms. The molecule has 0 saturated heterocycles. The molecule has 0 fully saturated rings. The van der Waals surface area contributed by atoms with Gasteiger partial charge in [0.05, 0.1) is 0 Å². The monoisotopic (exact) mass is 1650 g/mol. The van der Waals surface area contributed by atoms with E-state index in [9.17, 15) is 67.4 Å². The molecule has 0 aliphatic heterocycles. The number of carboxylic acids is 1. The summed E-state index contributed by atoms with van der Waals surface area (Å²) in [5.41, 5.74) is 35.3. The zero-order chi connectivity index (χ0) is 87.7. The van der Waals surface area contributed by atoms with Gasteiger partial charge in [-0.2, -0.15) is 0 Å². The first-order chi connectivity index (χ1) is 55.0. The molecule has 0 radical (unpaired) electrons. The lowest BCUT2D eigenvalue weighted by atomic mass is 9.98. The van der Waals surface area contributed by atoms with Crippen molar-refractivity contribution in [3.05, 3.63) is 0 Å². The number of carbonyl (C=O) groups is 13. The number of amides is 12. The maximum atomic E-state index is 14.8. The number of rotatable bonds is 70. The number of carbonyl (C=O) groups excluding carboxylic acids is 12. The molecule has 0 unspecified atom stereocenters. The first-order valence-corrected chi connectivity index (χ1v) is 44.1. The van der Waals surface area contributed by atoms with E-state index in [2.05, 4.69) is 70.7 Å². The molecule has 0 aromatic rings. The van der Waals surface area contributed by atoms with Crippen molar-refractivity contribution in [1.82, 2.24) is 63.8 Å². The van der Waals surface area contributed by atoms with Crippen LogP contribution >= 0.6 is 0 Å². The van der Waals surface area contributed by atoms with E-state index in [1.165, 1.54) is 32.1 Å². The lowest BCUT2D eigenvalue weighted by Crippen LogP contribution is -2.61. The van der Waals surface area contributed by atoms with Crippen LogP contribution in [-0.2, 0) is 62.3 Å². The molecule has 0 rings (SSSR count). The molecule has 0 aromatic heterocycles. The van der Waals surface area contributed by atoms with Crippen molar-refractivity contribution < 1.29 is 67.4 Å². The Balaban J connectivity index is 7.22. The van der Waals surface area contributed by atoms with Gasteiger partial charge >= 0.3 is 5.97 Å². The third-order valence-electron chi connectivity index (χ3n) is 20.0.